The Morgan fingerprint density at radius 2 is 2.06 bits per heavy atom. The average Bonchev–Trinajstić information content (AvgIpc) is 3.50. The van der Waals surface area contributed by atoms with Gasteiger partial charge in [0.15, 0.2) is 5.69 Å². The summed E-state index contributed by atoms with van der Waals surface area (Å²) in [6, 6.07) is 6.78. The van der Waals surface area contributed by atoms with Crippen LogP contribution in [0.5, 0.6) is 0 Å². The van der Waals surface area contributed by atoms with Gasteiger partial charge in [0.2, 0.25) is 5.89 Å². The first kappa shape index (κ1) is 22.8. The van der Waals surface area contributed by atoms with Crippen molar-refractivity contribution in [2.75, 3.05) is 52.5 Å². The minimum absolute atomic E-state index is 0.0711. The van der Waals surface area contributed by atoms with Crippen molar-refractivity contribution >= 4 is 5.91 Å². The van der Waals surface area contributed by atoms with Gasteiger partial charge < -0.3 is 19.2 Å². The number of halogens is 1. The fraction of sp³-hybridized carbons (Fsp3) is 0.565. The molecule has 0 bridgehead atoms. The van der Waals surface area contributed by atoms with Crippen LogP contribution >= 0.6 is 0 Å². The summed E-state index contributed by atoms with van der Waals surface area (Å²) in [7, 11) is 0. The van der Waals surface area contributed by atoms with Gasteiger partial charge in [-0.05, 0) is 18.9 Å². The number of rotatable bonds is 10. The summed E-state index contributed by atoms with van der Waals surface area (Å²) in [5.74, 6) is -0.0690. The van der Waals surface area contributed by atoms with Crippen LogP contribution in [-0.2, 0) is 22.6 Å². The molecule has 0 saturated carbocycles. The van der Waals surface area contributed by atoms with Crippen LogP contribution in [0.15, 0.2) is 34.9 Å². The van der Waals surface area contributed by atoms with Crippen LogP contribution < -0.4 is 5.32 Å². The summed E-state index contributed by atoms with van der Waals surface area (Å²) in [6.45, 7) is 6.84. The lowest BCUT2D eigenvalue weighted by Gasteiger charge is -2.29. The van der Waals surface area contributed by atoms with Gasteiger partial charge in [-0.1, -0.05) is 18.2 Å². The highest BCUT2D eigenvalue weighted by atomic mass is 19.1. The van der Waals surface area contributed by atoms with E-state index in [2.05, 4.69) is 20.1 Å². The second-order valence-electron chi connectivity index (χ2n) is 8.23. The van der Waals surface area contributed by atoms with Crippen LogP contribution in [0.4, 0.5) is 4.39 Å². The molecule has 1 aromatic heterocycles. The zero-order chi connectivity index (χ0) is 22.2. The lowest BCUT2D eigenvalue weighted by molar-refractivity contribution is 0.0319. The molecule has 3 heterocycles. The quantitative estimate of drug-likeness (QED) is 0.598. The number of amides is 1. The van der Waals surface area contributed by atoms with Crippen LogP contribution in [0, 0.1) is 5.82 Å². The summed E-state index contributed by atoms with van der Waals surface area (Å²) < 4.78 is 30.8. The third-order valence-corrected chi connectivity index (χ3v) is 5.85. The van der Waals surface area contributed by atoms with E-state index in [1.165, 1.54) is 12.3 Å². The molecule has 2 aliphatic rings. The molecule has 2 aromatic rings. The molecular weight excluding hydrogens is 415 g/mol. The van der Waals surface area contributed by atoms with Gasteiger partial charge in [0.1, 0.15) is 12.1 Å². The Labute approximate surface area is 187 Å². The lowest BCUT2D eigenvalue weighted by atomic mass is 10.2. The number of hydrogen-bond acceptors (Lipinski definition) is 7. The summed E-state index contributed by atoms with van der Waals surface area (Å²) >= 11 is 0. The molecule has 1 amide bonds. The molecule has 9 heteroatoms. The molecule has 0 radical (unpaired) electrons. The van der Waals surface area contributed by atoms with Crippen LogP contribution in [0.2, 0.25) is 0 Å². The molecule has 1 aromatic carbocycles. The number of oxazole rings is 1. The van der Waals surface area contributed by atoms with Gasteiger partial charge in [0.05, 0.1) is 25.9 Å². The minimum atomic E-state index is -0.274. The summed E-state index contributed by atoms with van der Waals surface area (Å²) in [6.07, 6.45) is 3.43. The summed E-state index contributed by atoms with van der Waals surface area (Å²) in [5, 5.41) is 2.85. The Morgan fingerprint density at radius 1 is 1.22 bits per heavy atom. The van der Waals surface area contributed by atoms with Gasteiger partial charge in [0.25, 0.3) is 5.91 Å². The number of aromatic nitrogens is 1. The second-order valence-corrected chi connectivity index (χ2v) is 8.23. The average molecular weight is 447 g/mol. The van der Waals surface area contributed by atoms with E-state index in [-0.39, 0.29) is 23.5 Å². The van der Waals surface area contributed by atoms with Crippen molar-refractivity contribution in [3.05, 3.63) is 53.5 Å². The standard InChI is InChI=1S/C23H31FN4O4/c24-20-6-2-1-4-18(20)15-28(8-7-27-9-12-30-13-10-27)16-22-26-21(17-32-22)23(29)25-14-19-5-3-11-31-19/h1-2,4,6,17,19H,3,5,7-16H2,(H,25,29). The number of carbonyl (C=O) groups excluding carboxylic acids is 1. The maximum absolute atomic E-state index is 14.3. The lowest BCUT2D eigenvalue weighted by Crippen LogP contribution is -2.41. The first-order valence-corrected chi connectivity index (χ1v) is 11.3. The Bertz CT molecular complexity index is 865. The molecule has 32 heavy (non-hydrogen) atoms. The van der Waals surface area contributed by atoms with Crippen LogP contribution in [-0.4, -0.2) is 79.3 Å². The molecular formula is C23H31FN4O4. The second kappa shape index (κ2) is 11.5. The SMILES string of the molecule is O=C(NCC1CCCO1)c1coc(CN(CCN2CCOCC2)Cc2ccccc2F)n1. The monoisotopic (exact) mass is 446 g/mol. The fourth-order valence-electron chi connectivity index (χ4n) is 3.97. The van der Waals surface area contributed by atoms with Crippen molar-refractivity contribution < 1.29 is 23.1 Å². The molecule has 2 saturated heterocycles. The molecule has 2 fully saturated rings. The van der Waals surface area contributed by atoms with E-state index in [9.17, 15) is 9.18 Å². The van der Waals surface area contributed by atoms with E-state index >= 15 is 0 Å². The molecule has 0 spiro atoms. The summed E-state index contributed by atoms with van der Waals surface area (Å²) in [4.78, 5) is 21.2. The molecule has 4 rings (SSSR count). The van der Waals surface area contributed by atoms with E-state index in [1.807, 2.05) is 6.07 Å². The van der Waals surface area contributed by atoms with Gasteiger partial charge in [-0.2, -0.15) is 0 Å². The Hall–Kier alpha value is -2.33. The van der Waals surface area contributed by atoms with Crippen molar-refractivity contribution in [1.82, 2.24) is 20.1 Å². The van der Waals surface area contributed by atoms with E-state index in [4.69, 9.17) is 13.9 Å². The fourth-order valence-corrected chi connectivity index (χ4v) is 3.97. The van der Waals surface area contributed by atoms with Gasteiger partial charge in [-0.3, -0.25) is 14.6 Å². The molecule has 1 unspecified atom stereocenters. The summed E-state index contributed by atoms with van der Waals surface area (Å²) in [5.41, 5.74) is 0.868. The van der Waals surface area contributed by atoms with E-state index in [0.29, 0.717) is 31.1 Å². The maximum Gasteiger partial charge on any atom is 0.273 e. The molecule has 1 atom stereocenters. The Balaban J connectivity index is 1.36. The normalized spacial score (nSPS) is 19.5. The van der Waals surface area contributed by atoms with Crippen LogP contribution in [0.25, 0.3) is 0 Å². The topological polar surface area (TPSA) is 80.1 Å². The zero-order valence-corrected chi connectivity index (χ0v) is 18.3. The minimum Gasteiger partial charge on any atom is -0.447 e. The Kier molecular flexibility index (Phi) is 8.22. The van der Waals surface area contributed by atoms with Crippen molar-refractivity contribution in [3.8, 4) is 0 Å². The third-order valence-electron chi connectivity index (χ3n) is 5.85. The molecule has 1 N–H and O–H groups in total. The van der Waals surface area contributed by atoms with Gasteiger partial charge >= 0.3 is 0 Å². The molecule has 8 nitrogen and oxygen atoms in total. The predicted molar refractivity (Wildman–Crippen MR) is 116 cm³/mol. The van der Waals surface area contributed by atoms with E-state index in [1.54, 1.807) is 12.1 Å². The number of ether oxygens (including phenoxy) is 2. The largest absolute Gasteiger partial charge is 0.447 e. The highest BCUT2D eigenvalue weighted by Crippen LogP contribution is 2.14. The van der Waals surface area contributed by atoms with Crippen molar-refractivity contribution in [2.24, 2.45) is 0 Å². The van der Waals surface area contributed by atoms with Crippen molar-refractivity contribution in [2.45, 2.75) is 32.0 Å². The number of morpholine rings is 1. The molecule has 174 valence electrons. The van der Waals surface area contributed by atoms with Gasteiger partial charge in [-0.25, -0.2) is 9.37 Å². The number of carbonyl (C=O) groups is 1. The van der Waals surface area contributed by atoms with Crippen LogP contribution in [0.3, 0.4) is 0 Å². The number of hydrogen-bond donors (Lipinski definition) is 1. The number of nitrogens with zero attached hydrogens (tertiary/aromatic N) is 3. The van der Waals surface area contributed by atoms with Crippen LogP contribution in [0.1, 0.15) is 34.8 Å². The van der Waals surface area contributed by atoms with E-state index in [0.717, 1.165) is 58.8 Å². The predicted octanol–water partition coefficient (Wildman–Crippen LogP) is 2.06. The molecule has 0 aliphatic carbocycles. The number of benzene rings is 1. The van der Waals surface area contributed by atoms with Crippen molar-refractivity contribution in [1.29, 1.82) is 0 Å². The first-order valence-electron chi connectivity index (χ1n) is 11.3. The van der Waals surface area contributed by atoms with Crippen molar-refractivity contribution in [3.63, 3.8) is 0 Å². The van der Waals surface area contributed by atoms with E-state index < -0.39 is 0 Å². The highest BCUT2D eigenvalue weighted by Gasteiger charge is 2.20. The first-order chi connectivity index (χ1) is 15.7. The molecule has 2 aliphatic heterocycles. The highest BCUT2D eigenvalue weighted by molar-refractivity contribution is 5.91. The number of nitrogens with one attached hydrogen (secondary N) is 1. The maximum atomic E-state index is 14.3. The smallest absolute Gasteiger partial charge is 0.273 e. The zero-order valence-electron chi connectivity index (χ0n) is 18.3. The third kappa shape index (κ3) is 6.59. The Morgan fingerprint density at radius 3 is 2.84 bits per heavy atom. The van der Waals surface area contributed by atoms with Gasteiger partial charge in [0, 0.05) is 51.4 Å². The van der Waals surface area contributed by atoms with Gasteiger partial charge in [-0.15, -0.1) is 0 Å².